The van der Waals surface area contributed by atoms with Gasteiger partial charge in [0.1, 0.15) is 12.4 Å². The van der Waals surface area contributed by atoms with Gasteiger partial charge in [0.25, 0.3) is 0 Å². The van der Waals surface area contributed by atoms with Crippen molar-refractivity contribution in [3.8, 4) is 5.75 Å². The van der Waals surface area contributed by atoms with Gasteiger partial charge in [-0.15, -0.1) is 0 Å². The summed E-state index contributed by atoms with van der Waals surface area (Å²) >= 11 is 0. The Hall–Kier alpha value is -1.39. The highest BCUT2D eigenvalue weighted by Gasteiger charge is 2.21. The lowest BCUT2D eigenvalue weighted by molar-refractivity contribution is -0.137. The van der Waals surface area contributed by atoms with E-state index in [1.807, 2.05) is 13.1 Å². The molecular weight excluding hydrogens is 230 g/mol. The third-order valence-corrected chi connectivity index (χ3v) is 3.39. The van der Waals surface area contributed by atoms with Crippen LogP contribution in [-0.4, -0.2) is 31.3 Å². The smallest absolute Gasteiger partial charge is 0.337 e. The van der Waals surface area contributed by atoms with E-state index in [2.05, 4.69) is 11.4 Å². The maximum atomic E-state index is 11.2. The van der Waals surface area contributed by atoms with Gasteiger partial charge in [0.15, 0.2) is 0 Å². The number of benzene rings is 1. The second-order valence-corrected chi connectivity index (χ2v) is 4.69. The minimum Gasteiger partial charge on any atom is -0.425 e. The van der Waals surface area contributed by atoms with Crippen LogP contribution in [0.1, 0.15) is 17.5 Å². The number of carbonyl (C=O) groups excluding carboxylic acids is 1. The molecule has 0 amide bonds. The van der Waals surface area contributed by atoms with Gasteiger partial charge in [0.05, 0.1) is 0 Å². The standard InChI is InChI=1S/C14H19NO3/c1-15-8-10-5-6-12-11(7-10)3-2-4-13(12)18-14(17)9-16/h2-4,10,15-16H,5-9H2,1H3. The third-order valence-electron chi connectivity index (χ3n) is 3.39. The van der Waals surface area contributed by atoms with Gasteiger partial charge in [-0.25, -0.2) is 4.79 Å². The lowest BCUT2D eigenvalue weighted by Gasteiger charge is -2.25. The van der Waals surface area contributed by atoms with E-state index in [-0.39, 0.29) is 0 Å². The molecule has 1 aliphatic rings. The second kappa shape index (κ2) is 5.98. The van der Waals surface area contributed by atoms with Crippen molar-refractivity contribution in [1.82, 2.24) is 5.32 Å². The normalized spacial score (nSPS) is 18.2. The molecule has 0 saturated carbocycles. The molecule has 98 valence electrons. The summed E-state index contributed by atoms with van der Waals surface area (Å²) in [6.45, 7) is 0.437. The van der Waals surface area contributed by atoms with E-state index in [4.69, 9.17) is 9.84 Å². The van der Waals surface area contributed by atoms with Crippen LogP contribution >= 0.6 is 0 Å². The predicted molar refractivity (Wildman–Crippen MR) is 68.6 cm³/mol. The van der Waals surface area contributed by atoms with Gasteiger partial charge in [-0.05, 0) is 56.0 Å². The Kier molecular flexibility index (Phi) is 4.33. The lowest BCUT2D eigenvalue weighted by atomic mass is 9.83. The van der Waals surface area contributed by atoms with Crippen molar-refractivity contribution in [1.29, 1.82) is 0 Å². The van der Waals surface area contributed by atoms with E-state index in [0.717, 1.165) is 31.4 Å². The van der Waals surface area contributed by atoms with Crippen molar-refractivity contribution in [2.24, 2.45) is 5.92 Å². The number of carbonyl (C=O) groups is 1. The van der Waals surface area contributed by atoms with Crippen LogP contribution in [0.4, 0.5) is 0 Å². The Morgan fingerprint density at radius 2 is 2.39 bits per heavy atom. The van der Waals surface area contributed by atoms with Crippen molar-refractivity contribution in [2.75, 3.05) is 20.2 Å². The van der Waals surface area contributed by atoms with Crippen molar-refractivity contribution in [3.05, 3.63) is 29.3 Å². The summed E-state index contributed by atoms with van der Waals surface area (Å²) in [6, 6.07) is 5.79. The maximum absolute atomic E-state index is 11.2. The molecular formula is C14H19NO3. The van der Waals surface area contributed by atoms with Crippen molar-refractivity contribution in [3.63, 3.8) is 0 Å². The molecule has 1 aromatic carbocycles. The molecule has 0 fully saturated rings. The van der Waals surface area contributed by atoms with E-state index in [9.17, 15) is 4.79 Å². The highest BCUT2D eigenvalue weighted by atomic mass is 16.5. The third kappa shape index (κ3) is 2.89. The number of fused-ring (bicyclic) bond motifs is 1. The number of hydrogen-bond acceptors (Lipinski definition) is 4. The highest BCUT2D eigenvalue weighted by Crippen LogP contribution is 2.32. The van der Waals surface area contributed by atoms with Gasteiger partial charge in [-0.3, -0.25) is 0 Å². The van der Waals surface area contributed by atoms with Gasteiger partial charge < -0.3 is 15.2 Å². The molecule has 0 aromatic heterocycles. The number of hydrogen-bond donors (Lipinski definition) is 2. The van der Waals surface area contributed by atoms with Gasteiger partial charge in [0, 0.05) is 0 Å². The molecule has 2 rings (SSSR count). The Bertz CT molecular complexity index is 431. The fourth-order valence-electron chi connectivity index (χ4n) is 2.56. The summed E-state index contributed by atoms with van der Waals surface area (Å²) in [6.07, 6.45) is 3.04. The maximum Gasteiger partial charge on any atom is 0.337 e. The monoisotopic (exact) mass is 249 g/mol. The topological polar surface area (TPSA) is 58.6 Å². The van der Waals surface area contributed by atoms with E-state index >= 15 is 0 Å². The molecule has 4 heteroatoms. The Morgan fingerprint density at radius 1 is 1.56 bits per heavy atom. The van der Waals surface area contributed by atoms with E-state index in [1.54, 1.807) is 6.07 Å². The summed E-state index contributed by atoms with van der Waals surface area (Å²) in [7, 11) is 1.97. The number of nitrogens with one attached hydrogen (secondary N) is 1. The first-order valence-electron chi connectivity index (χ1n) is 6.31. The first kappa shape index (κ1) is 13.1. The van der Waals surface area contributed by atoms with Crippen LogP contribution in [0, 0.1) is 5.92 Å². The number of aliphatic hydroxyl groups is 1. The summed E-state index contributed by atoms with van der Waals surface area (Å²) in [4.78, 5) is 11.2. The van der Waals surface area contributed by atoms with Crippen LogP contribution in [0.2, 0.25) is 0 Å². The number of esters is 1. The summed E-state index contributed by atoms with van der Waals surface area (Å²) < 4.78 is 5.15. The van der Waals surface area contributed by atoms with Crippen LogP contribution in [-0.2, 0) is 17.6 Å². The number of aliphatic hydroxyl groups excluding tert-OH is 1. The van der Waals surface area contributed by atoms with Crippen LogP contribution in [0.5, 0.6) is 5.75 Å². The minimum absolute atomic E-state index is 0.577. The Labute approximate surface area is 107 Å². The fraction of sp³-hybridized carbons (Fsp3) is 0.500. The van der Waals surface area contributed by atoms with Crippen LogP contribution in [0.3, 0.4) is 0 Å². The van der Waals surface area contributed by atoms with Crippen molar-refractivity contribution in [2.45, 2.75) is 19.3 Å². The summed E-state index contributed by atoms with van der Waals surface area (Å²) in [5, 5.41) is 11.9. The van der Waals surface area contributed by atoms with Crippen molar-refractivity contribution < 1.29 is 14.6 Å². The lowest BCUT2D eigenvalue weighted by Crippen LogP contribution is -2.25. The molecule has 2 N–H and O–H groups in total. The van der Waals surface area contributed by atoms with Crippen LogP contribution in [0.25, 0.3) is 0 Å². The zero-order valence-electron chi connectivity index (χ0n) is 10.6. The molecule has 4 nitrogen and oxygen atoms in total. The SMILES string of the molecule is CNCC1CCc2c(cccc2OC(=O)CO)C1. The molecule has 1 aromatic rings. The number of rotatable bonds is 4. The molecule has 1 unspecified atom stereocenters. The Morgan fingerprint density at radius 3 is 3.11 bits per heavy atom. The van der Waals surface area contributed by atoms with E-state index in [0.29, 0.717) is 11.7 Å². The first-order chi connectivity index (χ1) is 8.74. The molecule has 1 aliphatic carbocycles. The molecule has 0 radical (unpaired) electrons. The molecule has 0 heterocycles. The first-order valence-corrected chi connectivity index (χ1v) is 6.31. The molecule has 0 aliphatic heterocycles. The van der Waals surface area contributed by atoms with Gasteiger partial charge >= 0.3 is 5.97 Å². The molecule has 0 saturated heterocycles. The molecule has 18 heavy (non-hydrogen) atoms. The fourth-order valence-corrected chi connectivity index (χ4v) is 2.56. The van der Waals surface area contributed by atoms with Gasteiger partial charge in [-0.2, -0.15) is 0 Å². The quantitative estimate of drug-likeness (QED) is 0.615. The largest absolute Gasteiger partial charge is 0.425 e. The zero-order chi connectivity index (χ0) is 13.0. The van der Waals surface area contributed by atoms with Crippen LogP contribution in [0.15, 0.2) is 18.2 Å². The zero-order valence-corrected chi connectivity index (χ0v) is 10.6. The van der Waals surface area contributed by atoms with Crippen molar-refractivity contribution >= 4 is 5.97 Å². The predicted octanol–water partition coefficient (Wildman–Crippen LogP) is 0.909. The average Bonchev–Trinajstić information content (AvgIpc) is 2.39. The molecule has 1 atom stereocenters. The van der Waals surface area contributed by atoms with E-state index < -0.39 is 12.6 Å². The van der Waals surface area contributed by atoms with Gasteiger partial charge in [-0.1, -0.05) is 12.1 Å². The highest BCUT2D eigenvalue weighted by molar-refractivity contribution is 5.73. The number of ether oxygens (including phenoxy) is 1. The second-order valence-electron chi connectivity index (χ2n) is 4.69. The molecule has 0 bridgehead atoms. The summed E-state index contributed by atoms with van der Waals surface area (Å²) in [5.74, 6) is 0.654. The Balaban J connectivity index is 2.16. The average molecular weight is 249 g/mol. The van der Waals surface area contributed by atoms with Gasteiger partial charge in [0.2, 0.25) is 0 Å². The van der Waals surface area contributed by atoms with Crippen LogP contribution < -0.4 is 10.1 Å². The summed E-state index contributed by atoms with van der Waals surface area (Å²) in [5.41, 5.74) is 2.37. The molecule has 0 spiro atoms. The van der Waals surface area contributed by atoms with E-state index in [1.165, 1.54) is 5.56 Å². The minimum atomic E-state index is -0.597.